The minimum Gasteiger partial charge on any atom is -0.395 e. The van der Waals surface area contributed by atoms with Crippen LogP contribution in [-0.4, -0.2) is 23.0 Å². The van der Waals surface area contributed by atoms with Crippen LogP contribution in [0.4, 0.5) is 0 Å². The van der Waals surface area contributed by atoms with Gasteiger partial charge in [-0.1, -0.05) is 24.0 Å². The second kappa shape index (κ2) is 7.39. The van der Waals surface area contributed by atoms with Crippen molar-refractivity contribution in [2.45, 2.75) is 6.42 Å². The number of nitrogens with one attached hydrogen (secondary N) is 1. The zero-order chi connectivity index (χ0) is 12.5. The molecule has 5 heteroatoms. The zero-order valence-electron chi connectivity index (χ0n) is 9.18. The molecule has 0 bridgehead atoms. The molecule has 0 radical (unpaired) electrons. The van der Waals surface area contributed by atoms with Gasteiger partial charge in [0.05, 0.1) is 12.8 Å². The summed E-state index contributed by atoms with van der Waals surface area (Å²) in [6, 6.07) is 7.53. The fourth-order valence-corrected chi connectivity index (χ4v) is 1.10. The van der Waals surface area contributed by atoms with E-state index in [9.17, 15) is 0 Å². The van der Waals surface area contributed by atoms with Crippen molar-refractivity contribution in [2.75, 3.05) is 6.61 Å². The van der Waals surface area contributed by atoms with Gasteiger partial charge in [-0.3, -0.25) is 5.43 Å². The summed E-state index contributed by atoms with van der Waals surface area (Å²) in [6.07, 6.45) is 2.10. The van der Waals surface area contributed by atoms with Crippen molar-refractivity contribution in [2.24, 2.45) is 10.8 Å². The van der Waals surface area contributed by atoms with Crippen molar-refractivity contribution in [3.05, 3.63) is 35.4 Å². The number of hydrogen-bond acceptors (Lipinski definition) is 3. The maximum atomic E-state index is 8.58. The Kier molecular flexibility index (Phi) is 5.72. The molecule has 88 valence electrons. The van der Waals surface area contributed by atoms with Crippen LogP contribution in [0.15, 0.2) is 29.4 Å². The lowest BCUT2D eigenvalue weighted by Gasteiger charge is -1.95. The summed E-state index contributed by atoms with van der Waals surface area (Å²) < 4.78 is 0. The lowest BCUT2D eigenvalue weighted by atomic mass is 10.1. The second-order valence-corrected chi connectivity index (χ2v) is 3.57. The number of benzene rings is 1. The van der Waals surface area contributed by atoms with E-state index in [2.05, 4.69) is 34.6 Å². The number of nitrogens with zero attached hydrogens (tertiary/aromatic N) is 1. The third-order valence-electron chi connectivity index (χ3n) is 1.77. The smallest absolute Gasteiger partial charge is 0.184 e. The molecule has 0 spiro atoms. The van der Waals surface area contributed by atoms with Gasteiger partial charge in [0.25, 0.3) is 0 Å². The van der Waals surface area contributed by atoms with Crippen LogP contribution in [0.25, 0.3) is 0 Å². The summed E-state index contributed by atoms with van der Waals surface area (Å²) in [5.41, 5.74) is 9.51. The van der Waals surface area contributed by atoms with E-state index in [1.807, 2.05) is 24.3 Å². The van der Waals surface area contributed by atoms with Gasteiger partial charge < -0.3 is 10.8 Å². The molecule has 0 aliphatic heterocycles. The van der Waals surface area contributed by atoms with Gasteiger partial charge in [-0.25, -0.2) is 0 Å². The first kappa shape index (κ1) is 13.2. The average molecular weight is 247 g/mol. The predicted octanol–water partition coefficient (Wildman–Crippen LogP) is 0.588. The normalized spacial score (nSPS) is 9.71. The Balaban J connectivity index is 2.59. The molecule has 0 heterocycles. The molecular weight excluding hydrogens is 234 g/mol. The fourth-order valence-electron chi connectivity index (χ4n) is 1.04. The molecular formula is C12H13N3OS. The van der Waals surface area contributed by atoms with E-state index in [0.29, 0.717) is 6.42 Å². The summed E-state index contributed by atoms with van der Waals surface area (Å²) in [4.78, 5) is 0. The lowest BCUT2D eigenvalue weighted by molar-refractivity contribution is 0.305. The Morgan fingerprint density at radius 1 is 1.47 bits per heavy atom. The largest absolute Gasteiger partial charge is 0.395 e. The van der Waals surface area contributed by atoms with Gasteiger partial charge in [0, 0.05) is 12.0 Å². The zero-order valence-corrected chi connectivity index (χ0v) is 10.00. The van der Waals surface area contributed by atoms with Crippen molar-refractivity contribution in [1.29, 1.82) is 0 Å². The Labute approximate surface area is 106 Å². The number of rotatable bonds is 3. The molecule has 17 heavy (non-hydrogen) atoms. The van der Waals surface area contributed by atoms with Crippen LogP contribution < -0.4 is 11.2 Å². The molecule has 0 amide bonds. The standard InChI is InChI=1S/C12H13N3OS/c13-12(17)15-14-9-11-6-4-10(5-7-11)3-1-2-8-16/h4-7,9,16H,2,8H2,(H3,13,15,17). The molecule has 0 aliphatic carbocycles. The molecule has 1 aromatic carbocycles. The quantitative estimate of drug-likeness (QED) is 0.316. The molecule has 0 aliphatic rings. The monoisotopic (exact) mass is 247 g/mol. The van der Waals surface area contributed by atoms with Crippen LogP contribution in [0.2, 0.25) is 0 Å². The molecule has 4 nitrogen and oxygen atoms in total. The van der Waals surface area contributed by atoms with Crippen LogP contribution in [0, 0.1) is 11.8 Å². The van der Waals surface area contributed by atoms with E-state index in [4.69, 9.17) is 10.8 Å². The third kappa shape index (κ3) is 5.66. The number of hydrazone groups is 1. The second-order valence-electron chi connectivity index (χ2n) is 3.13. The molecule has 4 N–H and O–H groups in total. The number of nitrogens with two attached hydrogens (primary N) is 1. The minimum atomic E-state index is 0.0857. The first-order chi connectivity index (χ1) is 8.22. The Morgan fingerprint density at radius 2 is 2.18 bits per heavy atom. The topological polar surface area (TPSA) is 70.6 Å². The number of aliphatic hydroxyl groups excluding tert-OH is 1. The molecule has 0 fully saturated rings. The Hall–Kier alpha value is -1.90. The maximum Gasteiger partial charge on any atom is 0.184 e. The van der Waals surface area contributed by atoms with Gasteiger partial charge in [-0.15, -0.1) is 0 Å². The summed E-state index contributed by atoms with van der Waals surface area (Å²) in [5.74, 6) is 5.79. The van der Waals surface area contributed by atoms with E-state index < -0.39 is 0 Å². The first-order valence-electron chi connectivity index (χ1n) is 5.00. The van der Waals surface area contributed by atoms with Crippen LogP contribution >= 0.6 is 12.2 Å². The SMILES string of the molecule is NC(=S)NN=Cc1ccc(C#CCCO)cc1. The van der Waals surface area contributed by atoms with Crippen LogP contribution in [0.1, 0.15) is 17.5 Å². The van der Waals surface area contributed by atoms with Gasteiger partial charge in [0.2, 0.25) is 0 Å². The third-order valence-corrected chi connectivity index (χ3v) is 1.86. The van der Waals surface area contributed by atoms with Gasteiger partial charge in [0.15, 0.2) is 5.11 Å². The number of aliphatic hydroxyl groups is 1. The molecule has 0 aromatic heterocycles. The lowest BCUT2D eigenvalue weighted by Crippen LogP contribution is -2.23. The maximum absolute atomic E-state index is 8.58. The highest BCUT2D eigenvalue weighted by molar-refractivity contribution is 7.80. The molecule has 0 saturated carbocycles. The van der Waals surface area contributed by atoms with Crippen molar-refractivity contribution in [3.63, 3.8) is 0 Å². The van der Waals surface area contributed by atoms with E-state index in [0.717, 1.165) is 11.1 Å². The van der Waals surface area contributed by atoms with Gasteiger partial charge in [-0.2, -0.15) is 5.10 Å². The average Bonchev–Trinajstić information content (AvgIpc) is 2.31. The summed E-state index contributed by atoms with van der Waals surface area (Å²) in [5, 5.41) is 12.6. The number of hydrogen-bond donors (Lipinski definition) is 3. The van der Waals surface area contributed by atoms with Gasteiger partial charge in [-0.05, 0) is 29.9 Å². The molecule has 0 saturated heterocycles. The minimum absolute atomic E-state index is 0.0857. The molecule has 0 unspecified atom stereocenters. The van der Waals surface area contributed by atoms with Crippen LogP contribution in [0.5, 0.6) is 0 Å². The molecule has 1 rings (SSSR count). The van der Waals surface area contributed by atoms with Gasteiger partial charge >= 0.3 is 0 Å². The van der Waals surface area contributed by atoms with E-state index in [1.54, 1.807) is 6.21 Å². The van der Waals surface area contributed by atoms with Crippen molar-refractivity contribution >= 4 is 23.5 Å². The Morgan fingerprint density at radius 3 is 2.76 bits per heavy atom. The molecule has 1 aromatic rings. The van der Waals surface area contributed by atoms with Crippen molar-refractivity contribution in [3.8, 4) is 11.8 Å². The molecule has 0 atom stereocenters. The highest BCUT2D eigenvalue weighted by Gasteiger charge is 1.89. The summed E-state index contributed by atoms with van der Waals surface area (Å²) >= 11 is 4.61. The fraction of sp³-hybridized carbons (Fsp3) is 0.167. The van der Waals surface area contributed by atoms with Crippen molar-refractivity contribution < 1.29 is 5.11 Å². The predicted molar refractivity (Wildman–Crippen MR) is 72.5 cm³/mol. The van der Waals surface area contributed by atoms with E-state index in [1.165, 1.54) is 0 Å². The van der Waals surface area contributed by atoms with E-state index in [-0.39, 0.29) is 11.7 Å². The first-order valence-corrected chi connectivity index (χ1v) is 5.41. The van der Waals surface area contributed by atoms with Crippen molar-refractivity contribution in [1.82, 2.24) is 5.43 Å². The summed E-state index contributed by atoms with van der Waals surface area (Å²) in [7, 11) is 0. The van der Waals surface area contributed by atoms with Crippen LogP contribution in [0.3, 0.4) is 0 Å². The van der Waals surface area contributed by atoms with Crippen LogP contribution in [-0.2, 0) is 0 Å². The Bertz CT molecular complexity index is 457. The number of thiocarbonyl (C=S) groups is 1. The highest BCUT2D eigenvalue weighted by atomic mass is 32.1. The highest BCUT2D eigenvalue weighted by Crippen LogP contribution is 2.00. The van der Waals surface area contributed by atoms with E-state index >= 15 is 0 Å². The van der Waals surface area contributed by atoms with Gasteiger partial charge in [0.1, 0.15) is 0 Å². The summed E-state index contributed by atoms with van der Waals surface area (Å²) in [6.45, 7) is 0.0857.